The van der Waals surface area contributed by atoms with Crippen molar-refractivity contribution in [1.29, 1.82) is 0 Å². The Morgan fingerprint density at radius 2 is 1.78 bits per heavy atom. The maximum atomic E-state index is 13.3. The van der Waals surface area contributed by atoms with Gasteiger partial charge in [0, 0.05) is 6.42 Å². The SMILES string of the molecule is C=Cc1ccc(C(C)(C)CC(O)(C(=O)OCC)C(F)(F)F)cc1. The zero-order valence-corrected chi connectivity index (χ0v) is 13.4. The minimum Gasteiger partial charge on any atom is -0.464 e. The van der Waals surface area contributed by atoms with E-state index in [1.165, 1.54) is 20.8 Å². The third kappa shape index (κ3) is 4.13. The van der Waals surface area contributed by atoms with E-state index in [4.69, 9.17) is 0 Å². The molecule has 0 aliphatic rings. The van der Waals surface area contributed by atoms with Crippen LogP contribution in [-0.2, 0) is 14.9 Å². The number of hydrogen-bond acceptors (Lipinski definition) is 3. The summed E-state index contributed by atoms with van der Waals surface area (Å²) in [6.45, 7) is 7.81. The molecule has 1 aromatic carbocycles. The van der Waals surface area contributed by atoms with E-state index in [-0.39, 0.29) is 6.61 Å². The molecule has 0 saturated heterocycles. The number of benzene rings is 1. The van der Waals surface area contributed by atoms with Crippen LogP contribution in [0.15, 0.2) is 30.8 Å². The molecule has 1 rings (SSSR count). The Hall–Kier alpha value is -1.82. The van der Waals surface area contributed by atoms with Gasteiger partial charge >= 0.3 is 12.1 Å². The molecule has 0 aliphatic carbocycles. The molecule has 6 heteroatoms. The Morgan fingerprint density at radius 1 is 1.26 bits per heavy atom. The zero-order chi connectivity index (χ0) is 17.9. The first-order chi connectivity index (χ1) is 10.5. The predicted molar refractivity (Wildman–Crippen MR) is 81.8 cm³/mol. The fourth-order valence-corrected chi connectivity index (χ4v) is 2.35. The lowest BCUT2D eigenvalue weighted by Gasteiger charge is -2.36. The lowest BCUT2D eigenvalue weighted by atomic mass is 9.74. The van der Waals surface area contributed by atoms with Crippen LogP contribution in [-0.4, -0.2) is 29.5 Å². The number of carbonyl (C=O) groups excluding carboxylic acids is 1. The van der Waals surface area contributed by atoms with Crippen molar-refractivity contribution in [3.8, 4) is 0 Å². The number of alkyl halides is 3. The summed E-state index contributed by atoms with van der Waals surface area (Å²) >= 11 is 0. The molecule has 0 saturated carbocycles. The minimum absolute atomic E-state index is 0.244. The highest BCUT2D eigenvalue weighted by Gasteiger charge is 2.62. The summed E-state index contributed by atoms with van der Waals surface area (Å²) in [7, 11) is 0. The highest BCUT2D eigenvalue weighted by Crippen LogP contribution is 2.41. The van der Waals surface area contributed by atoms with E-state index in [2.05, 4.69) is 11.3 Å². The summed E-state index contributed by atoms with van der Waals surface area (Å²) in [6, 6.07) is 6.72. The van der Waals surface area contributed by atoms with Gasteiger partial charge in [0.1, 0.15) is 0 Å². The van der Waals surface area contributed by atoms with E-state index in [1.807, 2.05) is 0 Å². The number of rotatable bonds is 6. The van der Waals surface area contributed by atoms with E-state index in [9.17, 15) is 23.1 Å². The van der Waals surface area contributed by atoms with Crippen LogP contribution in [0.1, 0.15) is 38.3 Å². The molecule has 0 amide bonds. The Morgan fingerprint density at radius 3 is 2.17 bits per heavy atom. The van der Waals surface area contributed by atoms with Gasteiger partial charge in [-0.1, -0.05) is 50.8 Å². The van der Waals surface area contributed by atoms with Crippen LogP contribution in [0.4, 0.5) is 13.2 Å². The first kappa shape index (κ1) is 19.2. The molecule has 0 fully saturated rings. The number of hydrogen-bond donors (Lipinski definition) is 1. The van der Waals surface area contributed by atoms with Crippen LogP contribution in [0.2, 0.25) is 0 Å². The molecule has 128 valence electrons. The number of ether oxygens (including phenoxy) is 1. The molecular formula is C17H21F3O3. The van der Waals surface area contributed by atoms with Gasteiger partial charge < -0.3 is 9.84 Å². The number of halogens is 3. The summed E-state index contributed by atoms with van der Waals surface area (Å²) in [6.07, 6.45) is -4.35. The standard InChI is InChI=1S/C17H21F3O3/c1-5-12-7-9-13(10-8-12)15(3,4)11-16(22,17(18,19)20)14(21)23-6-2/h5,7-10,22H,1,6,11H2,2-4H3. The van der Waals surface area contributed by atoms with Gasteiger partial charge in [-0.25, -0.2) is 4.79 Å². The number of aliphatic hydroxyl groups is 1. The second-order valence-electron chi connectivity index (χ2n) is 5.97. The van der Waals surface area contributed by atoms with Crippen molar-refractivity contribution in [2.45, 2.75) is 44.4 Å². The Kier molecular flexibility index (Phi) is 5.64. The molecule has 0 aliphatic heterocycles. The fourth-order valence-electron chi connectivity index (χ4n) is 2.35. The van der Waals surface area contributed by atoms with Gasteiger partial charge in [-0.05, 0) is 23.5 Å². The third-order valence-electron chi connectivity index (χ3n) is 3.71. The highest BCUT2D eigenvalue weighted by atomic mass is 19.4. The Bertz CT molecular complexity index is 561. The zero-order valence-electron chi connectivity index (χ0n) is 13.4. The highest BCUT2D eigenvalue weighted by molar-refractivity contribution is 5.80. The van der Waals surface area contributed by atoms with Crippen LogP contribution in [0.25, 0.3) is 6.08 Å². The first-order valence-corrected chi connectivity index (χ1v) is 7.17. The van der Waals surface area contributed by atoms with Gasteiger partial charge in [0.25, 0.3) is 5.60 Å². The largest absolute Gasteiger partial charge is 0.464 e. The van der Waals surface area contributed by atoms with Gasteiger partial charge in [-0.15, -0.1) is 0 Å². The molecular weight excluding hydrogens is 309 g/mol. The van der Waals surface area contributed by atoms with Crippen molar-refractivity contribution >= 4 is 12.0 Å². The molecule has 3 nitrogen and oxygen atoms in total. The van der Waals surface area contributed by atoms with E-state index in [0.717, 1.165) is 5.56 Å². The van der Waals surface area contributed by atoms with Gasteiger partial charge in [0.05, 0.1) is 6.61 Å². The molecule has 23 heavy (non-hydrogen) atoms. The average Bonchev–Trinajstić information content (AvgIpc) is 2.45. The molecule has 0 spiro atoms. The molecule has 1 atom stereocenters. The van der Waals surface area contributed by atoms with Gasteiger partial charge in [-0.3, -0.25) is 0 Å². The second-order valence-corrected chi connectivity index (χ2v) is 5.97. The molecule has 1 unspecified atom stereocenters. The lowest BCUT2D eigenvalue weighted by Crippen LogP contribution is -2.55. The monoisotopic (exact) mass is 330 g/mol. The first-order valence-electron chi connectivity index (χ1n) is 7.17. The lowest BCUT2D eigenvalue weighted by molar-refractivity contribution is -0.267. The van der Waals surface area contributed by atoms with E-state index >= 15 is 0 Å². The van der Waals surface area contributed by atoms with Crippen molar-refractivity contribution in [3.05, 3.63) is 42.0 Å². The fraction of sp³-hybridized carbons (Fsp3) is 0.471. The summed E-state index contributed by atoms with van der Waals surface area (Å²) in [5.74, 6) is -1.68. The molecule has 0 aromatic heterocycles. The van der Waals surface area contributed by atoms with E-state index in [0.29, 0.717) is 5.56 Å². The smallest absolute Gasteiger partial charge is 0.428 e. The Labute approximate surface area is 133 Å². The van der Waals surface area contributed by atoms with Gasteiger partial charge in [0.15, 0.2) is 0 Å². The third-order valence-corrected chi connectivity index (χ3v) is 3.71. The average molecular weight is 330 g/mol. The summed E-state index contributed by atoms with van der Waals surface area (Å²) in [5.41, 5.74) is -3.27. The topological polar surface area (TPSA) is 46.5 Å². The summed E-state index contributed by atoms with van der Waals surface area (Å²) in [4.78, 5) is 11.7. The predicted octanol–water partition coefficient (Wildman–Crippen LogP) is 3.85. The minimum atomic E-state index is -5.13. The normalized spacial score (nSPS) is 14.9. The van der Waals surface area contributed by atoms with E-state index in [1.54, 1.807) is 30.3 Å². The van der Waals surface area contributed by atoms with Crippen molar-refractivity contribution in [1.82, 2.24) is 0 Å². The molecule has 1 N–H and O–H groups in total. The van der Waals surface area contributed by atoms with Gasteiger partial charge in [-0.2, -0.15) is 13.2 Å². The van der Waals surface area contributed by atoms with E-state index < -0.39 is 29.6 Å². The van der Waals surface area contributed by atoms with Crippen molar-refractivity contribution < 1.29 is 27.8 Å². The van der Waals surface area contributed by atoms with Crippen molar-refractivity contribution in [3.63, 3.8) is 0 Å². The summed E-state index contributed by atoms with van der Waals surface area (Å²) < 4.78 is 44.3. The number of carbonyl (C=O) groups is 1. The molecule has 0 bridgehead atoms. The second kappa shape index (κ2) is 6.74. The Balaban J connectivity index is 3.19. The van der Waals surface area contributed by atoms with Crippen molar-refractivity contribution in [2.24, 2.45) is 0 Å². The molecule has 0 heterocycles. The van der Waals surface area contributed by atoms with Crippen LogP contribution in [0.5, 0.6) is 0 Å². The maximum absolute atomic E-state index is 13.3. The maximum Gasteiger partial charge on any atom is 0.428 e. The van der Waals surface area contributed by atoms with Crippen LogP contribution in [0.3, 0.4) is 0 Å². The van der Waals surface area contributed by atoms with Gasteiger partial charge in [0.2, 0.25) is 0 Å². The van der Waals surface area contributed by atoms with Crippen molar-refractivity contribution in [2.75, 3.05) is 6.61 Å². The van der Waals surface area contributed by atoms with Crippen LogP contribution in [0, 0.1) is 0 Å². The van der Waals surface area contributed by atoms with Crippen LogP contribution >= 0.6 is 0 Å². The molecule has 1 aromatic rings. The quantitative estimate of drug-likeness (QED) is 0.806. The van der Waals surface area contributed by atoms with Crippen LogP contribution < -0.4 is 0 Å². The summed E-state index contributed by atoms with van der Waals surface area (Å²) in [5, 5.41) is 10.0. The number of esters is 1. The molecule has 0 radical (unpaired) electrons.